The minimum atomic E-state index is -0.0915. The summed E-state index contributed by atoms with van der Waals surface area (Å²) in [5, 5.41) is 0.936. The summed E-state index contributed by atoms with van der Waals surface area (Å²) in [6, 6.07) is 7.85. The van der Waals surface area contributed by atoms with E-state index in [1.54, 1.807) is 18.6 Å². The molecule has 0 aromatic carbocycles. The molecule has 0 spiro atoms. The molecule has 0 N–H and O–H groups in total. The molecular weight excluding hydrogens is 390 g/mol. The smallest absolute Gasteiger partial charge is 0.197 e. The summed E-state index contributed by atoms with van der Waals surface area (Å²) < 4.78 is 5.65. The van der Waals surface area contributed by atoms with Gasteiger partial charge < -0.3 is 9.32 Å². The van der Waals surface area contributed by atoms with Crippen molar-refractivity contribution in [2.24, 2.45) is 0 Å². The van der Waals surface area contributed by atoms with Crippen LogP contribution >= 0.6 is 0 Å². The van der Waals surface area contributed by atoms with Gasteiger partial charge in [0, 0.05) is 46.7 Å². The predicted molar refractivity (Wildman–Crippen MR) is 117 cm³/mol. The molecule has 5 rings (SSSR count). The van der Waals surface area contributed by atoms with Gasteiger partial charge >= 0.3 is 0 Å². The van der Waals surface area contributed by atoms with E-state index in [2.05, 4.69) is 31.9 Å². The van der Waals surface area contributed by atoms with Crippen molar-refractivity contribution in [2.75, 3.05) is 20.1 Å². The van der Waals surface area contributed by atoms with Gasteiger partial charge in [-0.3, -0.25) is 19.7 Å². The maximum absolute atomic E-state index is 12.8. The van der Waals surface area contributed by atoms with Gasteiger partial charge in [-0.2, -0.15) is 0 Å². The predicted octanol–water partition coefficient (Wildman–Crippen LogP) is 3.91. The lowest BCUT2D eigenvalue weighted by Gasteiger charge is -2.26. The molecule has 4 aromatic rings. The molecule has 0 amide bonds. The van der Waals surface area contributed by atoms with Gasteiger partial charge in [0.2, 0.25) is 0 Å². The maximum Gasteiger partial charge on any atom is 0.197 e. The standard InChI is InChI=1S/C24H23N5O2/c1-29-7-4-16(5-8-29)24-28-22(15-31-24)23(30)11-20-10-18-9-19(13-27-21(18)14-26-20)17-3-2-6-25-12-17/h2-3,6,9-10,12-16H,4-5,7-8,11H2,1H3. The summed E-state index contributed by atoms with van der Waals surface area (Å²) in [5.74, 6) is 0.868. The molecule has 31 heavy (non-hydrogen) atoms. The van der Waals surface area contributed by atoms with E-state index >= 15 is 0 Å². The number of nitrogens with zero attached hydrogens (tertiary/aromatic N) is 5. The number of hydrogen-bond donors (Lipinski definition) is 0. The Morgan fingerprint density at radius 3 is 2.81 bits per heavy atom. The fourth-order valence-corrected chi connectivity index (χ4v) is 3.98. The van der Waals surface area contributed by atoms with Crippen LogP contribution in [0, 0.1) is 0 Å². The molecule has 1 aliphatic heterocycles. The van der Waals surface area contributed by atoms with E-state index in [1.165, 1.54) is 6.26 Å². The average molecular weight is 413 g/mol. The number of rotatable bonds is 5. The number of oxazole rings is 1. The number of ketones is 1. The van der Waals surface area contributed by atoms with Crippen molar-refractivity contribution in [3.8, 4) is 11.1 Å². The first kappa shape index (κ1) is 19.5. The number of hydrogen-bond acceptors (Lipinski definition) is 7. The normalized spacial score (nSPS) is 15.4. The number of Topliss-reactive ketones (excluding diaryl/α,β-unsaturated/α-hetero) is 1. The summed E-state index contributed by atoms with van der Waals surface area (Å²) in [6.07, 6.45) is 10.7. The van der Waals surface area contributed by atoms with Crippen LogP contribution in [0.5, 0.6) is 0 Å². The lowest BCUT2D eigenvalue weighted by molar-refractivity contribution is 0.0987. The lowest BCUT2D eigenvalue weighted by atomic mass is 9.97. The molecule has 156 valence electrons. The van der Waals surface area contributed by atoms with E-state index in [1.807, 2.05) is 30.5 Å². The molecule has 0 atom stereocenters. The van der Waals surface area contributed by atoms with E-state index in [9.17, 15) is 4.79 Å². The van der Waals surface area contributed by atoms with Crippen LogP contribution in [0.4, 0.5) is 0 Å². The second-order valence-electron chi connectivity index (χ2n) is 8.08. The quantitative estimate of drug-likeness (QED) is 0.459. The molecule has 0 saturated carbocycles. The molecule has 1 saturated heterocycles. The Hall–Kier alpha value is -3.45. The third-order valence-electron chi connectivity index (χ3n) is 5.84. The highest BCUT2D eigenvalue weighted by Gasteiger charge is 2.24. The van der Waals surface area contributed by atoms with Crippen LogP contribution in [0.3, 0.4) is 0 Å². The van der Waals surface area contributed by atoms with Crippen LogP contribution in [0.1, 0.15) is 40.8 Å². The van der Waals surface area contributed by atoms with E-state index in [-0.39, 0.29) is 18.1 Å². The van der Waals surface area contributed by atoms with Crippen molar-refractivity contribution in [2.45, 2.75) is 25.2 Å². The van der Waals surface area contributed by atoms with Gasteiger partial charge in [0.1, 0.15) is 12.0 Å². The second-order valence-corrected chi connectivity index (χ2v) is 8.08. The van der Waals surface area contributed by atoms with Gasteiger partial charge in [0.05, 0.1) is 18.1 Å². The van der Waals surface area contributed by atoms with Crippen LogP contribution in [-0.2, 0) is 6.42 Å². The van der Waals surface area contributed by atoms with Crippen LogP contribution < -0.4 is 0 Å². The highest BCUT2D eigenvalue weighted by molar-refractivity contribution is 5.95. The largest absolute Gasteiger partial charge is 0.448 e. The number of carbonyl (C=O) groups is 1. The summed E-state index contributed by atoms with van der Waals surface area (Å²) in [4.78, 5) is 32.7. The Morgan fingerprint density at radius 2 is 2.00 bits per heavy atom. The van der Waals surface area contributed by atoms with Gasteiger partial charge in [0.15, 0.2) is 11.7 Å². The molecule has 0 bridgehead atoms. The average Bonchev–Trinajstić information content (AvgIpc) is 3.30. The fourth-order valence-electron chi connectivity index (χ4n) is 3.98. The van der Waals surface area contributed by atoms with Crippen LogP contribution in [0.2, 0.25) is 0 Å². The highest BCUT2D eigenvalue weighted by atomic mass is 16.3. The minimum absolute atomic E-state index is 0.0915. The second kappa shape index (κ2) is 8.35. The summed E-state index contributed by atoms with van der Waals surface area (Å²) in [7, 11) is 2.12. The van der Waals surface area contributed by atoms with Crippen molar-refractivity contribution in [3.05, 3.63) is 72.6 Å². The zero-order valence-electron chi connectivity index (χ0n) is 17.4. The van der Waals surface area contributed by atoms with E-state index < -0.39 is 0 Å². The monoisotopic (exact) mass is 413 g/mol. The Bertz CT molecular complexity index is 1210. The fraction of sp³-hybridized carbons (Fsp3) is 0.292. The first-order chi connectivity index (χ1) is 15.2. The first-order valence-corrected chi connectivity index (χ1v) is 10.5. The number of pyridine rings is 3. The van der Waals surface area contributed by atoms with Gasteiger partial charge in [-0.1, -0.05) is 6.07 Å². The maximum atomic E-state index is 12.8. The number of carbonyl (C=O) groups excluding carboxylic acids is 1. The van der Waals surface area contributed by atoms with Crippen molar-refractivity contribution in [1.29, 1.82) is 0 Å². The summed E-state index contributed by atoms with van der Waals surface area (Å²) in [5.41, 5.74) is 3.82. The molecule has 1 fully saturated rings. The van der Waals surface area contributed by atoms with Crippen molar-refractivity contribution in [3.63, 3.8) is 0 Å². The molecular formula is C24H23N5O2. The molecule has 7 heteroatoms. The molecule has 5 heterocycles. The van der Waals surface area contributed by atoms with E-state index in [0.29, 0.717) is 17.3 Å². The van der Waals surface area contributed by atoms with Crippen molar-refractivity contribution >= 4 is 16.7 Å². The molecule has 7 nitrogen and oxygen atoms in total. The third-order valence-corrected chi connectivity index (χ3v) is 5.84. The zero-order chi connectivity index (χ0) is 21.2. The van der Waals surface area contributed by atoms with Crippen LogP contribution in [0.25, 0.3) is 22.0 Å². The number of aromatic nitrogens is 4. The van der Waals surface area contributed by atoms with Gasteiger partial charge in [-0.25, -0.2) is 4.98 Å². The van der Waals surface area contributed by atoms with Gasteiger partial charge in [-0.05, 0) is 51.2 Å². The number of piperidine rings is 1. The van der Waals surface area contributed by atoms with Crippen molar-refractivity contribution < 1.29 is 9.21 Å². The van der Waals surface area contributed by atoms with Gasteiger partial charge in [0.25, 0.3) is 0 Å². The zero-order valence-corrected chi connectivity index (χ0v) is 17.4. The lowest BCUT2D eigenvalue weighted by Crippen LogP contribution is -2.29. The first-order valence-electron chi connectivity index (χ1n) is 10.5. The van der Waals surface area contributed by atoms with Gasteiger partial charge in [-0.15, -0.1) is 0 Å². The van der Waals surface area contributed by atoms with Crippen LogP contribution in [0.15, 0.2) is 59.7 Å². The highest BCUT2D eigenvalue weighted by Crippen LogP contribution is 2.27. The topological polar surface area (TPSA) is 85.0 Å². The summed E-state index contributed by atoms with van der Waals surface area (Å²) >= 11 is 0. The molecule has 0 aliphatic carbocycles. The van der Waals surface area contributed by atoms with E-state index in [0.717, 1.165) is 48.0 Å². The minimum Gasteiger partial charge on any atom is -0.448 e. The Balaban J connectivity index is 1.33. The SMILES string of the molecule is CN1CCC(c2nc(C(=O)Cc3cc4cc(-c5cccnc5)cnc4cn3)co2)CC1. The third kappa shape index (κ3) is 4.22. The Labute approximate surface area is 180 Å². The molecule has 0 unspecified atom stereocenters. The Kier molecular flexibility index (Phi) is 5.26. The number of likely N-dealkylation sites (tertiary alicyclic amines) is 1. The molecule has 4 aromatic heterocycles. The van der Waals surface area contributed by atoms with Crippen molar-refractivity contribution in [1.82, 2.24) is 24.8 Å². The molecule has 0 radical (unpaired) electrons. The molecule has 1 aliphatic rings. The Morgan fingerprint density at radius 1 is 1.13 bits per heavy atom. The summed E-state index contributed by atoms with van der Waals surface area (Å²) in [6.45, 7) is 2.04. The van der Waals surface area contributed by atoms with Crippen LogP contribution in [-0.4, -0.2) is 50.8 Å². The number of fused-ring (bicyclic) bond motifs is 1. The van der Waals surface area contributed by atoms with E-state index in [4.69, 9.17) is 4.42 Å².